The van der Waals surface area contributed by atoms with Crippen molar-refractivity contribution in [3.8, 4) is 0 Å². The highest BCUT2D eigenvalue weighted by Gasteiger charge is 2.45. The second-order valence-corrected chi connectivity index (χ2v) is 10.9. The summed E-state index contributed by atoms with van der Waals surface area (Å²) >= 11 is 1.38. The van der Waals surface area contributed by atoms with Crippen molar-refractivity contribution in [2.45, 2.75) is 83.9 Å². The summed E-state index contributed by atoms with van der Waals surface area (Å²) in [6.07, 6.45) is 0.0505. The molecule has 0 bridgehead atoms. The maximum absolute atomic E-state index is 13.0. The molecule has 1 aliphatic heterocycles. The summed E-state index contributed by atoms with van der Waals surface area (Å²) in [5.74, 6) is -2.61. The summed E-state index contributed by atoms with van der Waals surface area (Å²) in [5.41, 5.74) is 5.76. The Morgan fingerprint density at radius 3 is 2.13 bits per heavy atom. The van der Waals surface area contributed by atoms with Crippen LogP contribution in [-0.2, 0) is 24.0 Å². The first-order valence-electron chi connectivity index (χ1n) is 10.9. The quantitative estimate of drug-likeness (QED) is 0.427. The molecule has 0 spiro atoms. The molecule has 8 nitrogen and oxygen atoms in total. The van der Waals surface area contributed by atoms with Crippen LogP contribution >= 0.6 is 11.8 Å². The topological polar surface area (TPSA) is 127 Å². The van der Waals surface area contributed by atoms with Gasteiger partial charge in [0.05, 0.1) is 11.3 Å². The van der Waals surface area contributed by atoms with E-state index in [0.717, 1.165) is 4.90 Å². The van der Waals surface area contributed by atoms with Crippen LogP contribution in [0.4, 0.5) is 0 Å². The van der Waals surface area contributed by atoms with Crippen molar-refractivity contribution in [2.75, 3.05) is 6.54 Å². The SMILES string of the molecule is CC(C)SC1CC(=O)N(C(CN)C(=O)N[C@H](C(=O)C[C@@H](C)C(=O)C(C)C)C(C)C)C1=O. The number of thioether (sulfide) groups is 1. The number of nitrogens with one attached hydrogen (secondary N) is 1. The Morgan fingerprint density at radius 1 is 1.10 bits per heavy atom. The number of amides is 3. The van der Waals surface area contributed by atoms with Crippen LogP contribution in [0.15, 0.2) is 0 Å². The van der Waals surface area contributed by atoms with Crippen LogP contribution in [0.1, 0.15) is 61.3 Å². The molecule has 1 saturated heterocycles. The molecule has 9 heteroatoms. The number of carbonyl (C=O) groups excluding carboxylic acids is 5. The van der Waals surface area contributed by atoms with Crippen molar-refractivity contribution >= 4 is 41.0 Å². The van der Waals surface area contributed by atoms with E-state index in [0.29, 0.717) is 0 Å². The third-order valence-electron chi connectivity index (χ3n) is 5.29. The standard InChI is InChI=1S/C22H37N3O5S/c1-11(2)19(16(26)8-14(7)20(28)12(3)4)24-21(29)15(10-23)25-18(27)9-17(22(25)30)31-13(5)6/h11-15,17,19H,8-10,23H2,1-7H3,(H,24,29)/t14-,15?,17?,19+/m1/s1. The number of rotatable bonds is 12. The second-order valence-electron chi connectivity index (χ2n) is 9.09. The van der Waals surface area contributed by atoms with Crippen molar-refractivity contribution in [3.63, 3.8) is 0 Å². The van der Waals surface area contributed by atoms with Crippen molar-refractivity contribution in [3.05, 3.63) is 0 Å². The largest absolute Gasteiger partial charge is 0.344 e. The smallest absolute Gasteiger partial charge is 0.245 e. The number of hydrogen-bond acceptors (Lipinski definition) is 7. The fourth-order valence-corrected chi connectivity index (χ4v) is 4.81. The number of imide groups is 1. The Labute approximate surface area is 189 Å². The minimum atomic E-state index is -1.17. The molecule has 1 heterocycles. The molecule has 0 aromatic rings. The minimum Gasteiger partial charge on any atom is -0.344 e. The summed E-state index contributed by atoms with van der Waals surface area (Å²) in [4.78, 5) is 64.1. The second kappa shape index (κ2) is 11.8. The van der Waals surface area contributed by atoms with Gasteiger partial charge in [0.2, 0.25) is 17.7 Å². The van der Waals surface area contributed by atoms with E-state index in [1.807, 2.05) is 13.8 Å². The van der Waals surface area contributed by atoms with E-state index < -0.39 is 41.0 Å². The minimum absolute atomic E-state index is 0.0102. The molecule has 2 unspecified atom stereocenters. The molecule has 0 radical (unpaired) electrons. The number of nitrogens with zero attached hydrogens (tertiary/aromatic N) is 1. The van der Waals surface area contributed by atoms with Gasteiger partial charge in [-0.15, -0.1) is 11.8 Å². The van der Waals surface area contributed by atoms with E-state index in [9.17, 15) is 24.0 Å². The lowest BCUT2D eigenvalue weighted by atomic mass is 9.88. The van der Waals surface area contributed by atoms with Gasteiger partial charge in [-0.25, -0.2) is 0 Å². The normalized spacial score (nSPS) is 19.8. The van der Waals surface area contributed by atoms with E-state index in [2.05, 4.69) is 5.32 Å². The third-order valence-corrected chi connectivity index (χ3v) is 6.53. The first-order chi connectivity index (χ1) is 14.3. The fraction of sp³-hybridized carbons (Fsp3) is 0.773. The molecule has 176 valence electrons. The van der Waals surface area contributed by atoms with Gasteiger partial charge in [-0.2, -0.15) is 0 Å². The van der Waals surface area contributed by atoms with Gasteiger partial charge in [0, 0.05) is 31.2 Å². The average Bonchev–Trinajstić information content (AvgIpc) is 2.92. The number of nitrogens with two attached hydrogens (primary N) is 1. The maximum Gasteiger partial charge on any atom is 0.245 e. The lowest BCUT2D eigenvalue weighted by molar-refractivity contribution is -0.146. The number of Topliss-reactive ketones (excluding diaryl/α,β-unsaturated/α-hetero) is 2. The number of hydrogen-bond donors (Lipinski definition) is 2. The molecule has 4 atom stereocenters. The molecule has 0 aliphatic carbocycles. The van der Waals surface area contributed by atoms with E-state index in [1.54, 1.807) is 34.6 Å². The molecule has 3 N–H and O–H groups in total. The Bertz CT molecular complexity index is 707. The van der Waals surface area contributed by atoms with Crippen LogP contribution < -0.4 is 11.1 Å². The molecule has 0 aromatic carbocycles. The summed E-state index contributed by atoms with van der Waals surface area (Å²) in [7, 11) is 0. The van der Waals surface area contributed by atoms with Gasteiger partial charge in [0.25, 0.3) is 0 Å². The zero-order valence-corrected chi connectivity index (χ0v) is 20.5. The molecular formula is C22H37N3O5S. The van der Waals surface area contributed by atoms with Crippen LogP contribution in [0.25, 0.3) is 0 Å². The highest BCUT2D eigenvalue weighted by Crippen LogP contribution is 2.29. The summed E-state index contributed by atoms with van der Waals surface area (Å²) in [5, 5.41) is 2.31. The van der Waals surface area contributed by atoms with E-state index in [-0.39, 0.29) is 48.0 Å². The molecule has 0 saturated carbocycles. The molecule has 31 heavy (non-hydrogen) atoms. The first-order valence-corrected chi connectivity index (χ1v) is 11.8. The maximum atomic E-state index is 13.0. The van der Waals surface area contributed by atoms with Gasteiger partial charge in [0.15, 0.2) is 5.78 Å². The zero-order valence-electron chi connectivity index (χ0n) is 19.6. The Balaban J connectivity index is 2.94. The molecule has 3 amide bonds. The van der Waals surface area contributed by atoms with Gasteiger partial charge in [-0.05, 0) is 11.2 Å². The summed E-state index contributed by atoms with van der Waals surface area (Å²) in [6, 6.07) is -2.00. The van der Waals surface area contributed by atoms with Gasteiger partial charge >= 0.3 is 0 Å². The Kier molecular flexibility index (Phi) is 10.4. The average molecular weight is 456 g/mol. The van der Waals surface area contributed by atoms with E-state index in [4.69, 9.17) is 5.73 Å². The number of ketones is 2. The fourth-order valence-electron chi connectivity index (χ4n) is 3.68. The molecule has 1 aliphatic rings. The highest BCUT2D eigenvalue weighted by molar-refractivity contribution is 8.01. The number of likely N-dealkylation sites (tertiary alicyclic amines) is 1. The Morgan fingerprint density at radius 2 is 1.68 bits per heavy atom. The van der Waals surface area contributed by atoms with E-state index in [1.165, 1.54) is 11.8 Å². The van der Waals surface area contributed by atoms with Crippen LogP contribution in [0.3, 0.4) is 0 Å². The van der Waals surface area contributed by atoms with Gasteiger partial charge in [-0.1, -0.05) is 48.5 Å². The van der Waals surface area contributed by atoms with Crippen molar-refractivity contribution in [1.82, 2.24) is 10.2 Å². The van der Waals surface area contributed by atoms with Gasteiger partial charge in [0.1, 0.15) is 11.8 Å². The van der Waals surface area contributed by atoms with Crippen molar-refractivity contribution < 1.29 is 24.0 Å². The predicted molar refractivity (Wildman–Crippen MR) is 121 cm³/mol. The number of carbonyl (C=O) groups is 5. The summed E-state index contributed by atoms with van der Waals surface area (Å²) in [6.45, 7) is 12.5. The lowest BCUT2D eigenvalue weighted by Crippen LogP contribution is -2.57. The van der Waals surface area contributed by atoms with Gasteiger partial charge in [-0.3, -0.25) is 28.9 Å². The van der Waals surface area contributed by atoms with Gasteiger partial charge < -0.3 is 11.1 Å². The monoisotopic (exact) mass is 455 g/mol. The Hall–Kier alpha value is -1.74. The first kappa shape index (κ1) is 27.3. The predicted octanol–water partition coefficient (Wildman–Crippen LogP) is 1.54. The van der Waals surface area contributed by atoms with Crippen molar-refractivity contribution in [1.29, 1.82) is 0 Å². The van der Waals surface area contributed by atoms with Crippen LogP contribution in [0, 0.1) is 17.8 Å². The molecule has 1 fully saturated rings. The van der Waals surface area contributed by atoms with Crippen molar-refractivity contribution in [2.24, 2.45) is 23.5 Å². The van der Waals surface area contributed by atoms with Crippen LogP contribution in [0.2, 0.25) is 0 Å². The van der Waals surface area contributed by atoms with E-state index >= 15 is 0 Å². The van der Waals surface area contributed by atoms with Crippen LogP contribution in [-0.4, -0.2) is 63.3 Å². The molecular weight excluding hydrogens is 418 g/mol. The highest BCUT2D eigenvalue weighted by atomic mass is 32.2. The lowest BCUT2D eigenvalue weighted by Gasteiger charge is -2.28. The zero-order chi connectivity index (χ0) is 24.0. The molecule has 0 aromatic heterocycles. The molecule has 1 rings (SSSR count). The van der Waals surface area contributed by atoms with Crippen LogP contribution in [0.5, 0.6) is 0 Å². The third kappa shape index (κ3) is 7.14. The summed E-state index contributed by atoms with van der Waals surface area (Å²) < 4.78 is 0.